The van der Waals surface area contributed by atoms with E-state index in [0.717, 1.165) is 29.9 Å². The van der Waals surface area contributed by atoms with Gasteiger partial charge in [-0.15, -0.1) is 0 Å². The van der Waals surface area contributed by atoms with Gasteiger partial charge in [0.15, 0.2) is 11.5 Å². The summed E-state index contributed by atoms with van der Waals surface area (Å²) in [6, 6.07) is 19.9. The molecule has 0 unspecified atom stereocenters. The number of Topliss-reactive ketones (excluding diaryl/α,β-unsaturated/α-hetero) is 1. The first-order valence-electron chi connectivity index (χ1n) is 13.4. The molecule has 40 heavy (non-hydrogen) atoms. The number of anilines is 3. The second kappa shape index (κ2) is 13.4. The first-order valence-corrected chi connectivity index (χ1v) is 13.7. The highest BCUT2D eigenvalue weighted by molar-refractivity contribution is 6.68. The van der Waals surface area contributed by atoms with Crippen molar-refractivity contribution in [2.75, 3.05) is 28.6 Å². The van der Waals surface area contributed by atoms with Gasteiger partial charge in [-0.25, -0.2) is 4.99 Å². The maximum atomic E-state index is 13.5. The molecule has 2 N–H and O–H groups in total. The second-order valence-electron chi connectivity index (χ2n) is 10.5. The lowest BCUT2D eigenvalue weighted by Crippen LogP contribution is -2.37. The minimum atomic E-state index is -0.845. The zero-order valence-corrected chi connectivity index (χ0v) is 24.7. The summed E-state index contributed by atoms with van der Waals surface area (Å²) in [6.45, 7) is 13.0. The van der Waals surface area contributed by atoms with Gasteiger partial charge in [-0.2, -0.15) is 0 Å². The standard InChI is InChI=1S/C32H37ClN4O3/c1-7-37(8-2)24-15-17-26(21(3)18-24)35-29(30(39)32(4,5)6)31(40)36-27-20-23(14-16-25(27)33)34-28(38)19-22-12-10-9-11-13-22/h9-18,20H,7-8,19H2,1-6H3,(H,34,38)(H,36,40). The number of nitrogens with one attached hydrogen (secondary N) is 2. The first-order chi connectivity index (χ1) is 18.9. The highest BCUT2D eigenvalue weighted by atomic mass is 35.5. The summed E-state index contributed by atoms with van der Waals surface area (Å²) in [4.78, 5) is 46.2. The largest absolute Gasteiger partial charge is 0.372 e. The summed E-state index contributed by atoms with van der Waals surface area (Å²) in [5, 5.41) is 5.82. The molecule has 0 saturated heterocycles. The van der Waals surface area contributed by atoms with Crippen LogP contribution in [0.5, 0.6) is 0 Å². The van der Waals surface area contributed by atoms with Crippen molar-refractivity contribution in [1.29, 1.82) is 0 Å². The average molecular weight is 561 g/mol. The van der Waals surface area contributed by atoms with Crippen LogP contribution in [0.4, 0.5) is 22.7 Å². The van der Waals surface area contributed by atoms with Gasteiger partial charge in [0, 0.05) is 29.9 Å². The maximum Gasteiger partial charge on any atom is 0.278 e. The van der Waals surface area contributed by atoms with Crippen LogP contribution in [0.2, 0.25) is 5.02 Å². The zero-order chi connectivity index (χ0) is 29.4. The Bertz CT molecular complexity index is 1410. The van der Waals surface area contributed by atoms with Crippen LogP contribution in [-0.4, -0.2) is 36.4 Å². The lowest BCUT2D eigenvalue weighted by Gasteiger charge is -2.22. The number of ketones is 1. The number of hydrogen-bond acceptors (Lipinski definition) is 5. The van der Waals surface area contributed by atoms with Crippen molar-refractivity contribution in [3.63, 3.8) is 0 Å². The Hall–Kier alpha value is -3.97. The molecular formula is C32H37ClN4O3. The van der Waals surface area contributed by atoms with Crippen molar-refractivity contribution in [3.05, 3.63) is 82.9 Å². The smallest absolute Gasteiger partial charge is 0.278 e. The summed E-state index contributed by atoms with van der Waals surface area (Å²) in [6.07, 6.45) is 0.203. The predicted octanol–water partition coefficient (Wildman–Crippen LogP) is 7.00. The predicted molar refractivity (Wildman–Crippen MR) is 165 cm³/mol. The Morgan fingerprint density at radius 1 is 0.900 bits per heavy atom. The van der Waals surface area contributed by atoms with Crippen LogP contribution in [-0.2, 0) is 20.8 Å². The minimum absolute atomic E-state index is 0.203. The lowest BCUT2D eigenvalue weighted by atomic mass is 9.87. The van der Waals surface area contributed by atoms with E-state index in [1.54, 1.807) is 39.0 Å². The van der Waals surface area contributed by atoms with Gasteiger partial charge in [0.2, 0.25) is 5.91 Å². The number of aliphatic imine (C=N–C) groups is 1. The molecule has 0 saturated carbocycles. The van der Waals surface area contributed by atoms with E-state index in [1.165, 1.54) is 0 Å². The molecule has 3 rings (SSSR count). The van der Waals surface area contributed by atoms with Crippen LogP contribution in [0.15, 0.2) is 71.7 Å². The summed E-state index contributed by atoms with van der Waals surface area (Å²) in [5.41, 5.74) is 2.96. The third-order valence-corrected chi connectivity index (χ3v) is 6.69. The molecular weight excluding hydrogens is 524 g/mol. The molecule has 0 spiro atoms. The molecule has 0 heterocycles. The van der Waals surface area contributed by atoms with Crippen LogP contribution < -0.4 is 15.5 Å². The van der Waals surface area contributed by atoms with Gasteiger partial charge >= 0.3 is 0 Å². The topological polar surface area (TPSA) is 90.9 Å². The summed E-state index contributed by atoms with van der Waals surface area (Å²) in [5.74, 6) is -1.29. The number of carbonyl (C=O) groups is 3. The van der Waals surface area contributed by atoms with Gasteiger partial charge in [-0.1, -0.05) is 62.7 Å². The van der Waals surface area contributed by atoms with E-state index in [-0.39, 0.29) is 28.7 Å². The number of rotatable bonds is 10. The minimum Gasteiger partial charge on any atom is -0.372 e. The number of benzene rings is 3. The van der Waals surface area contributed by atoms with Crippen LogP contribution in [0.1, 0.15) is 45.7 Å². The quantitative estimate of drug-likeness (QED) is 0.206. The molecule has 0 radical (unpaired) electrons. The van der Waals surface area contributed by atoms with E-state index >= 15 is 0 Å². The highest BCUT2D eigenvalue weighted by Gasteiger charge is 2.31. The number of aryl methyl sites for hydroxylation is 1. The van der Waals surface area contributed by atoms with Crippen molar-refractivity contribution >= 4 is 57.7 Å². The van der Waals surface area contributed by atoms with E-state index < -0.39 is 17.1 Å². The van der Waals surface area contributed by atoms with E-state index in [2.05, 4.69) is 34.4 Å². The molecule has 7 nitrogen and oxygen atoms in total. The fourth-order valence-corrected chi connectivity index (χ4v) is 4.26. The maximum absolute atomic E-state index is 13.5. The van der Waals surface area contributed by atoms with Crippen LogP contribution in [0, 0.1) is 12.3 Å². The van der Waals surface area contributed by atoms with Gasteiger partial charge in [0.1, 0.15) is 0 Å². The molecule has 0 aliphatic carbocycles. The molecule has 3 aromatic rings. The molecule has 0 fully saturated rings. The Labute approximate surface area is 241 Å². The fourth-order valence-electron chi connectivity index (χ4n) is 4.10. The van der Waals surface area contributed by atoms with Crippen LogP contribution in [0.25, 0.3) is 0 Å². The van der Waals surface area contributed by atoms with Gasteiger partial charge in [-0.05, 0) is 68.3 Å². The normalized spacial score (nSPS) is 11.6. The van der Waals surface area contributed by atoms with Gasteiger partial charge in [0.25, 0.3) is 5.91 Å². The summed E-state index contributed by atoms with van der Waals surface area (Å²) in [7, 11) is 0. The molecule has 0 aromatic heterocycles. The van der Waals surface area contributed by atoms with Crippen molar-refractivity contribution in [1.82, 2.24) is 0 Å². The third kappa shape index (κ3) is 8.02. The summed E-state index contributed by atoms with van der Waals surface area (Å²) < 4.78 is 0. The van der Waals surface area contributed by atoms with E-state index in [9.17, 15) is 14.4 Å². The summed E-state index contributed by atoms with van der Waals surface area (Å²) >= 11 is 6.38. The number of nitrogens with zero attached hydrogens (tertiary/aromatic N) is 2. The number of carbonyl (C=O) groups excluding carboxylic acids is 3. The number of halogens is 1. The highest BCUT2D eigenvalue weighted by Crippen LogP contribution is 2.29. The molecule has 0 aliphatic rings. The van der Waals surface area contributed by atoms with Gasteiger partial charge in [0.05, 0.1) is 22.8 Å². The second-order valence-corrected chi connectivity index (χ2v) is 10.9. The molecule has 8 heteroatoms. The molecule has 0 aliphatic heterocycles. The number of hydrogen-bond donors (Lipinski definition) is 2. The Morgan fingerprint density at radius 3 is 2.17 bits per heavy atom. The molecule has 210 valence electrons. The van der Waals surface area contributed by atoms with Crippen LogP contribution >= 0.6 is 11.6 Å². The van der Waals surface area contributed by atoms with E-state index in [0.29, 0.717) is 11.4 Å². The van der Waals surface area contributed by atoms with Crippen LogP contribution in [0.3, 0.4) is 0 Å². The zero-order valence-electron chi connectivity index (χ0n) is 24.0. The first kappa shape index (κ1) is 30.6. The van der Waals surface area contributed by atoms with Gasteiger partial charge in [-0.3, -0.25) is 14.4 Å². The van der Waals surface area contributed by atoms with Crippen molar-refractivity contribution in [2.45, 2.75) is 48.0 Å². The molecule has 2 amide bonds. The molecule has 3 aromatic carbocycles. The van der Waals surface area contributed by atoms with Gasteiger partial charge < -0.3 is 15.5 Å². The molecule has 0 bridgehead atoms. The van der Waals surface area contributed by atoms with Crippen molar-refractivity contribution in [3.8, 4) is 0 Å². The monoisotopic (exact) mass is 560 g/mol. The Kier molecular flexibility index (Phi) is 10.2. The lowest BCUT2D eigenvalue weighted by molar-refractivity contribution is -0.121. The third-order valence-electron chi connectivity index (χ3n) is 6.36. The molecule has 0 atom stereocenters. The Balaban J connectivity index is 1.88. The van der Waals surface area contributed by atoms with E-state index in [4.69, 9.17) is 11.6 Å². The average Bonchev–Trinajstić information content (AvgIpc) is 2.90. The van der Waals surface area contributed by atoms with Crippen molar-refractivity contribution in [2.24, 2.45) is 10.4 Å². The fraction of sp³-hybridized carbons (Fsp3) is 0.312. The Morgan fingerprint density at radius 2 is 1.57 bits per heavy atom. The number of amides is 2. The SMILES string of the molecule is CCN(CC)c1ccc(N=C(C(=O)Nc2cc(NC(=O)Cc3ccccc3)ccc2Cl)C(=O)C(C)(C)C)c(C)c1. The van der Waals surface area contributed by atoms with Crippen molar-refractivity contribution < 1.29 is 14.4 Å². The van der Waals surface area contributed by atoms with E-state index in [1.807, 2.05) is 55.5 Å².